The molecule has 2 unspecified atom stereocenters. The minimum absolute atomic E-state index is 0.164. The van der Waals surface area contributed by atoms with Gasteiger partial charge in [0.2, 0.25) is 5.78 Å². The average molecular weight is 170 g/mol. The van der Waals surface area contributed by atoms with Crippen molar-refractivity contribution in [3.8, 4) is 0 Å². The van der Waals surface area contributed by atoms with Crippen molar-refractivity contribution in [3.05, 3.63) is 0 Å². The summed E-state index contributed by atoms with van der Waals surface area (Å²) in [6, 6.07) is 0. The third kappa shape index (κ3) is 1.29. The molecular weight excluding hydrogens is 156 g/mol. The second kappa shape index (κ2) is 2.66. The number of aliphatic hydroxyl groups excluding tert-OH is 1. The van der Waals surface area contributed by atoms with Crippen molar-refractivity contribution in [2.75, 3.05) is 0 Å². The van der Waals surface area contributed by atoms with Crippen molar-refractivity contribution < 1.29 is 14.7 Å². The van der Waals surface area contributed by atoms with E-state index in [2.05, 4.69) is 0 Å². The fraction of sp³-hybridized carbons (Fsp3) is 0.778. The molecule has 0 saturated heterocycles. The molecule has 0 bridgehead atoms. The molecule has 68 valence electrons. The molecule has 0 spiro atoms. The predicted octanol–water partition coefficient (Wildman–Crippen LogP) is 0.551. The third-order valence-electron chi connectivity index (χ3n) is 2.58. The van der Waals surface area contributed by atoms with E-state index in [-0.39, 0.29) is 12.2 Å². The van der Waals surface area contributed by atoms with E-state index in [0.29, 0.717) is 0 Å². The molecule has 0 heterocycles. The first-order valence-electron chi connectivity index (χ1n) is 4.11. The van der Waals surface area contributed by atoms with Gasteiger partial charge in [-0.25, -0.2) is 0 Å². The summed E-state index contributed by atoms with van der Waals surface area (Å²) in [4.78, 5) is 22.2. The zero-order chi connectivity index (χ0) is 9.52. The molecule has 1 saturated carbocycles. The monoisotopic (exact) mass is 170 g/mol. The van der Waals surface area contributed by atoms with Crippen LogP contribution in [0.4, 0.5) is 0 Å². The maximum Gasteiger partial charge on any atom is 0.203 e. The van der Waals surface area contributed by atoms with Crippen LogP contribution in [0.3, 0.4) is 0 Å². The number of carbonyl (C=O) groups excluding carboxylic acids is 2. The fourth-order valence-electron chi connectivity index (χ4n) is 1.68. The molecule has 0 aromatic heterocycles. The van der Waals surface area contributed by atoms with E-state index in [0.717, 1.165) is 0 Å². The Hall–Kier alpha value is -0.700. The molecule has 0 aromatic rings. The Kier molecular flexibility index (Phi) is 2.08. The second-order valence-electron chi connectivity index (χ2n) is 4.19. The van der Waals surface area contributed by atoms with Crippen molar-refractivity contribution in [2.24, 2.45) is 11.3 Å². The van der Waals surface area contributed by atoms with Crippen molar-refractivity contribution in [2.45, 2.75) is 33.3 Å². The van der Waals surface area contributed by atoms with Crippen LogP contribution < -0.4 is 0 Å². The van der Waals surface area contributed by atoms with E-state index in [1.807, 2.05) is 0 Å². The van der Waals surface area contributed by atoms with Crippen LogP contribution in [-0.2, 0) is 9.59 Å². The Balaban J connectivity index is 2.93. The van der Waals surface area contributed by atoms with Crippen LogP contribution in [0.5, 0.6) is 0 Å². The first kappa shape index (κ1) is 9.39. The molecular formula is C9H14O3. The molecule has 0 aromatic carbocycles. The van der Waals surface area contributed by atoms with Gasteiger partial charge in [0.25, 0.3) is 0 Å². The Morgan fingerprint density at radius 3 is 2.42 bits per heavy atom. The van der Waals surface area contributed by atoms with Gasteiger partial charge >= 0.3 is 0 Å². The third-order valence-corrected chi connectivity index (χ3v) is 2.58. The van der Waals surface area contributed by atoms with Gasteiger partial charge in [0.1, 0.15) is 0 Å². The van der Waals surface area contributed by atoms with E-state index in [1.54, 1.807) is 20.8 Å². The number of rotatable bonds is 0. The molecule has 3 nitrogen and oxygen atoms in total. The number of hydrogen-bond acceptors (Lipinski definition) is 3. The quantitative estimate of drug-likeness (QED) is 0.540. The lowest BCUT2D eigenvalue weighted by Crippen LogP contribution is -2.48. The molecule has 0 radical (unpaired) electrons. The normalized spacial score (nSPS) is 35.3. The molecule has 0 amide bonds. The predicted molar refractivity (Wildman–Crippen MR) is 43.6 cm³/mol. The van der Waals surface area contributed by atoms with Crippen LogP contribution in [0.2, 0.25) is 0 Å². The molecule has 0 aliphatic heterocycles. The molecule has 2 atom stereocenters. The Labute approximate surface area is 71.8 Å². The van der Waals surface area contributed by atoms with Gasteiger partial charge in [0.05, 0.1) is 6.10 Å². The van der Waals surface area contributed by atoms with E-state index in [9.17, 15) is 14.7 Å². The minimum atomic E-state index is -0.692. The van der Waals surface area contributed by atoms with Crippen LogP contribution in [0.25, 0.3) is 0 Å². The van der Waals surface area contributed by atoms with Crippen LogP contribution in [0.15, 0.2) is 0 Å². The van der Waals surface area contributed by atoms with Gasteiger partial charge in [-0.2, -0.15) is 0 Å². The van der Waals surface area contributed by atoms with Crippen LogP contribution in [0.1, 0.15) is 27.2 Å². The molecule has 1 fully saturated rings. The number of carbonyl (C=O) groups is 2. The van der Waals surface area contributed by atoms with Gasteiger partial charge in [0.15, 0.2) is 5.78 Å². The summed E-state index contributed by atoms with van der Waals surface area (Å²) >= 11 is 0. The lowest BCUT2D eigenvalue weighted by atomic mass is 9.69. The summed E-state index contributed by atoms with van der Waals surface area (Å²) in [5.41, 5.74) is -0.454. The minimum Gasteiger partial charge on any atom is -0.392 e. The van der Waals surface area contributed by atoms with E-state index >= 15 is 0 Å². The van der Waals surface area contributed by atoms with E-state index < -0.39 is 23.2 Å². The summed E-state index contributed by atoms with van der Waals surface area (Å²) in [5, 5.41) is 9.62. The van der Waals surface area contributed by atoms with E-state index in [4.69, 9.17) is 0 Å². The van der Waals surface area contributed by atoms with Gasteiger partial charge in [-0.15, -0.1) is 0 Å². The van der Waals surface area contributed by atoms with Crippen molar-refractivity contribution in [1.82, 2.24) is 0 Å². The largest absolute Gasteiger partial charge is 0.392 e. The fourth-order valence-corrected chi connectivity index (χ4v) is 1.68. The van der Waals surface area contributed by atoms with Crippen LogP contribution in [-0.4, -0.2) is 22.8 Å². The Bertz CT molecular complexity index is 230. The van der Waals surface area contributed by atoms with Gasteiger partial charge < -0.3 is 5.11 Å². The van der Waals surface area contributed by atoms with Crippen LogP contribution in [0, 0.1) is 11.3 Å². The maximum absolute atomic E-state index is 11.1. The SMILES string of the molecule is CC1C(=O)C(=O)CC(C)(C)C1O. The highest BCUT2D eigenvalue weighted by atomic mass is 16.3. The molecule has 1 aliphatic carbocycles. The molecule has 1 rings (SSSR count). The summed E-state index contributed by atoms with van der Waals surface area (Å²) in [5.74, 6) is -1.32. The maximum atomic E-state index is 11.1. The van der Waals surface area contributed by atoms with Gasteiger partial charge in [-0.3, -0.25) is 9.59 Å². The smallest absolute Gasteiger partial charge is 0.203 e. The topological polar surface area (TPSA) is 54.4 Å². The average Bonchev–Trinajstić information content (AvgIpc) is 1.97. The first-order valence-corrected chi connectivity index (χ1v) is 4.11. The Morgan fingerprint density at radius 2 is 1.92 bits per heavy atom. The highest BCUT2D eigenvalue weighted by Crippen LogP contribution is 2.35. The van der Waals surface area contributed by atoms with Crippen molar-refractivity contribution in [1.29, 1.82) is 0 Å². The number of Topliss-reactive ketones (excluding diaryl/α,β-unsaturated/α-hetero) is 2. The zero-order valence-electron chi connectivity index (χ0n) is 7.63. The first-order chi connectivity index (χ1) is 5.36. The highest BCUT2D eigenvalue weighted by molar-refractivity contribution is 6.38. The zero-order valence-corrected chi connectivity index (χ0v) is 7.63. The lowest BCUT2D eigenvalue weighted by molar-refractivity contribution is -0.150. The number of ketones is 2. The second-order valence-corrected chi connectivity index (χ2v) is 4.19. The summed E-state index contributed by atoms with van der Waals surface area (Å²) in [6.07, 6.45) is -0.528. The van der Waals surface area contributed by atoms with E-state index in [1.165, 1.54) is 0 Å². The van der Waals surface area contributed by atoms with Gasteiger partial charge in [0, 0.05) is 12.3 Å². The molecule has 1 N–H and O–H groups in total. The Morgan fingerprint density at radius 1 is 1.42 bits per heavy atom. The van der Waals surface area contributed by atoms with Crippen molar-refractivity contribution in [3.63, 3.8) is 0 Å². The molecule has 1 aliphatic rings. The lowest BCUT2D eigenvalue weighted by Gasteiger charge is -2.37. The molecule has 12 heavy (non-hydrogen) atoms. The number of aliphatic hydroxyl groups is 1. The summed E-state index contributed by atoms with van der Waals surface area (Å²) < 4.78 is 0. The summed E-state index contributed by atoms with van der Waals surface area (Å²) in [6.45, 7) is 5.21. The highest BCUT2D eigenvalue weighted by Gasteiger charge is 2.44. The molecule has 3 heteroatoms. The number of hydrogen-bond donors (Lipinski definition) is 1. The standard InChI is InChI=1S/C9H14O3/c1-5-7(11)6(10)4-9(2,3)8(5)12/h5,8,12H,4H2,1-3H3. The van der Waals surface area contributed by atoms with Crippen molar-refractivity contribution >= 4 is 11.6 Å². The van der Waals surface area contributed by atoms with Gasteiger partial charge in [-0.1, -0.05) is 20.8 Å². The van der Waals surface area contributed by atoms with Gasteiger partial charge in [-0.05, 0) is 5.41 Å². The van der Waals surface area contributed by atoms with Crippen LogP contribution >= 0.6 is 0 Å². The summed E-state index contributed by atoms with van der Waals surface area (Å²) in [7, 11) is 0.